The number of benzene rings is 2. The summed E-state index contributed by atoms with van der Waals surface area (Å²) in [4.78, 5) is 0.919. The summed E-state index contributed by atoms with van der Waals surface area (Å²) in [5.74, 6) is -0.636. The Morgan fingerprint density at radius 1 is 0.923 bits per heavy atom. The first kappa shape index (κ1) is 20.0. The molecule has 0 aliphatic rings. The molecule has 2 aromatic carbocycles. The summed E-state index contributed by atoms with van der Waals surface area (Å²) in [6.45, 7) is -1.31. The third kappa shape index (κ3) is 5.35. The average molecular weight is 381 g/mol. The molecule has 0 amide bonds. The zero-order chi connectivity index (χ0) is 19.5. The zero-order valence-electron chi connectivity index (χ0n) is 13.2. The van der Waals surface area contributed by atoms with Gasteiger partial charge in [-0.25, -0.2) is 4.39 Å². The van der Waals surface area contributed by atoms with Crippen LogP contribution in [-0.4, -0.2) is 23.9 Å². The Hall–Kier alpha value is -2.29. The monoisotopic (exact) mass is 381 g/mol. The molecular weight excluding hydrogens is 367 g/mol. The van der Waals surface area contributed by atoms with Gasteiger partial charge in [0.25, 0.3) is 0 Å². The maximum Gasteiger partial charge on any atom is 0.416 e. The van der Waals surface area contributed by atoms with Crippen LogP contribution in [0, 0.1) is 5.82 Å². The van der Waals surface area contributed by atoms with Crippen molar-refractivity contribution in [2.45, 2.75) is 25.0 Å². The Morgan fingerprint density at radius 2 is 1.58 bits per heavy atom. The first-order valence-corrected chi connectivity index (χ1v) is 7.38. The lowest BCUT2D eigenvalue weighted by Gasteiger charge is -2.29. The molecule has 2 aromatic rings. The van der Waals surface area contributed by atoms with Gasteiger partial charge in [0.15, 0.2) is 6.10 Å². The fourth-order valence-electron chi connectivity index (χ4n) is 2.31. The van der Waals surface area contributed by atoms with Crippen LogP contribution in [0.2, 0.25) is 0 Å². The first-order valence-electron chi connectivity index (χ1n) is 7.38. The first-order chi connectivity index (χ1) is 12.0. The van der Waals surface area contributed by atoms with Gasteiger partial charge in [-0.15, -0.1) is 0 Å². The van der Waals surface area contributed by atoms with Crippen molar-refractivity contribution in [2.24, 2.45) is 0 Å². The molecule has 0 spiro atoms. The number of rotatable bonds is 5. The SMILES string of the molecule is OC(CN(Cc1cccc(F)c1)c1cccc(C(F)(F)F)c1)C(F)(F)F. The lowest BCUT2D eigenvalue weighted by Crippen LogP contribution is -2.41. The van der Waals surface area contributed by atoms with E-state index >= 15 is 0 Å². The van der Waals surface area contributed by atoms with Crippen LogP contribution in [0.25, 0.3) is 0 Å². The van der Waals surface area contributed by atoms with Crippen LogP contribution >= 0.6 is 0 Å². The molecule has 0 aliphatic heterocycles. The molecule has 0 saturated carbocycles. The largest absolute Gasteiger partial charge is 0.416 e. The van der Waals surface area contributed by atoms with Crippen molar-refractivity contribution in [3.8, 4) is 0 Å². The van der Waals surface area contributed by atoms with Crippen LogP contribution in [0.5, 0.6) is 0 Å². The smallest absolute Gasteiger partial charge is 0.382 e. The van der Waals surface area contributed by atoms with Crippen molar-refractivity contribution < 1.29 is 35.8 Å². The van der Waals surface area contributed by atoms with E-state index in [2.05, 4.69) is 0 Å². The van der Waals surface area contributed by atoms with Gasteiger partial charge >= 0.3 is 12.4 Å². The van der Waals surface area contributed by atoms with E-state index in [0.29, 0.717) is 6.07 Å². The molecule has 2 rings (SSSR count). The molecule has 0 aromatic heterocycles. The molecule has 26 heavy (non-hydrogen) atoms. The second-order valence-corrected chi connectivity index (χ2v) is 5.62. The summed E-state index contributed by atoms with van der Waals surface area (Å²) in [6.07, 6.45) is -12.4. The highest BCUT2D eigenvalue weighted by Gasteiger charge is 2.39. The number of nitrogens with zero attached hydrogens (tertiary/aromatic N) is 1. The van der Waals surface area contributed by atoms with Crippen LogP contribution in [0.4, 0.5) is 36.4 Å². The molecule has 0 radical (unpaired) electrons. The minimum Gasteiger partial charge on any atom is -0.382 e. The molecule has 1 unspecified atom stereocenters. The number of anilines is 1. The predicted octanol–water partition coefficient (Wildman–Crippen LogP) is 4.77. The topological polar surface area (TPSA) is 23.5 Å². The van der Waals surface area contributed by atoms with E-state index in [1.165, 1.54) is 18.2 Å². The zero-order valence-corrected chi connectivity index (χ0v) is 13.2. The van der Waals surface area contributed by atoms with E-state index in [9.17, 15) is 35.8 Å². The van der Waals surface area contributed by atoms with Gasteiger partial charge in [-0.3, -0.25) is 0 Å². The summed E-state index contributed by atoms with van der Waals surface area (Å²) in [5.41, 5.74) is -0.968. The number of hydrogen-bond donors (Lipinski definition) is 1. The van der Waals surface area contributed by atoms with Crippen molar-refractivity contribution >= 4 is 5.69 Å². The van der Waals surface area contributed by atoms with Gasteiger partial charge in [0.1, 0.15) is 5.82 Å². The molecule has 0 saturated heterocycles. The van der Waals surface area contributed by atoms with E-state index in [1.807, 2.05) is 0 Å². The molecule has 1 atom stereocenters. The van der Waals surface area contributed by atoms with Gasteiger partial charge in [0.2, 0.25) is 0 Å². The van der Waals surface area contributed by atoms with E-state index in [1.54, 1.807) is 0 Å². The molecule has 0 aliphatic carbocycles. The highest BCUT2D eigenvalue weighted by Crippen LogP contribution is 2.32. The van der Waals surface area contributed by atoms with Crippen LogP contribution in [0.3, 0.4) is 0 Å². The van der Waals surface area contributed by atoms with Gasteiger partial charge in [0.05, 0.1) is 12.1 Å². The fourth-order valence-corrected chi connectivity index (χ4v) is 2.31. The quantitative estimate of drug-likeness (QED) is 0.754. The maximum absolute atomic E-state index is 13.3. The predicted molar refractivity (Wildman–Crippen MR) is 81.0 cm³/mol. The summed E-state index contributed by atoms with van der Waals surface area (Å²) < 4.78 is 89.9. The molecule has 1 N–H and O–H groups in total. The summed E-state index contributed by atoms with van der Waals surface area (Å²) in [7, 11) is 0. The number of halogens is 7. The van der Waals surface area contributed by atoms with Crippen molar-refractivity contribution in [3.63, 3.8) is 0 Å². The van der Waals surface area contributed by atoms with E-state index < -0.39 is 36.4 Å². The number of alkyl halides is 6. The standard InChI is InChI=1S/C17H14F7NO/c18-13-5-1-3-11(7-13)9-25(10-15(26)17(22,23)24)14-6-2-4-12(8-14)16(19,20)21/h1-8,15,26H,9-10H2. The summed E-state index contributed by atoms with van der Waals surface area (Å²) >= 11 is 0. The third-order valence-electron chi connectivity index (χ3n) is 3.57. The Labute approximate surface area is 144 Å². The van der Waals surface area contributed by atoms with Gasteiger partial charge < -0.3 is 10.0 Å². The molecule has 0 bridgehead atoms. The fraction of sp³-hybridized carbons (Fsp3) is 0.294. The normalized spacial score (nSPS) is 13.5. The minimum absolute atomic E-state index is 0.174. The minimum atomic E-state index is -4.94. The second-order valence-electron chi connectivity index (χ2n) is 5.62. The second kappa shape index (κ2) is 7.53. The molecule has 9 heteroatoms. The number of aliphatic hydroxyl groups excluding tert-OH is 1. The number of hydrogen-bond acceptors (Lipinski definition) is 2. The van der Waals surface area contributed by atoms with Crippen molar-refractivity contribution in [3.05, 3.63) is 65.5 Å². The lowest BCUT2D eigenvalue weighted by molar-refractivity contribution is -0.200. The van der Waals surface area contributed by atoms with Crippen molar-refractivity contribution in [2.75, 3.05) is 11.4 Å². The Balaban J connectivity index is 2.37. The van der Waals surface area contributed by atoms with E-state index in [0.717, 1.165) is 29.2 Å². The Kier molecular flexibility index (Phi) is 5.80. The Morgan fingerprint density at radius 3 is 2.15 bits per heavy atom. The average Bonchev–Trinajstić information content (AvgIpc) is 2.52. The molecule has 2 nitrogen and oxygen atoms in total. The van der Waals surface area contributed by atoms with Gasteiger partial charge in [-0.05, 0) is 35.9 Å². The van der Waals surface area contributed by atoms with E-state index in [-0.39, 0.29) is 17.8 Å². The Bertz CT molecular complexity index is 742. The molecule has 0 heterocycles. The van der Waals surface area contributed by atoms with Gasteiger partial charge in [-0.2, -0.15) is 26.3 Å². The maximum atomic E-state index is 13.3. The highest BCUT2D eigenvalue weighted by atomic mass is 19.4. The van der Waals surface area contributed by atoms with Gasteiger partial charge in [0, 0.05) is 12.2 Å². The molecule has 0 fully saturated rings. The van der Waals surface area contributed by atoms with Crippen molar-refractivity contribution in [1.82, 2.24) is 0 Å². The van der Waals surface area contributed by atoms with E-state index in [4.69, 9.17) is 0 Å². The number of aliphatic hydroxyl groups is 1. The van der Waals surface area contributed by atoms with Gasteiger partial charge in [-0.1, -0.05) is 18.2 Å². The molecule has 142 valence electrons. The summed E-state index contributed by atoms with van der Waals surface area (Å²) in [6, 6.07) is 8.64. The summed E-state index contributed by atoms with van der Waals surface area (Å²) in [5, 5.41) is 9.32. The van der Waals surface area contributed by atoms with Crippen LogP contribution in [0.15, 0.2) is 48.5 Å². The lowest BCUT2D eigenvalue weighted by atomic mass is 10.1. The molecular formula is C17H14F7NO. The third-order valence-corrected chi connectivity index (χ3v) is 3.57. The highest BCUT2D eigenvalue weighted by molar-refractivity contribution is 5.50. The van der Waals surface area contributed by atoms with Crippen LogP contribution in [0.1, 0.15) is 11.1 Å². The van der Waals surface area contributed by atoms with Crippen molar-refractivity contribution in [1.29, 1.82) is 0 Å². The van der Waals surface area contributed by atoms with Crippen LogP contribution in [-0.2, 0) is 12.7 Å². The van der Waals surface area contributed by atoms with Crippen LogP contribution < -0.4 is 4.90 Å².